The molecule has 3 heterocycles. The van der Waals surface area contributed by atoms with Crippen LogP contribution in [0.1, 0.15) is 15.2 Å². The van der Waals surface area contributed by atoms with Gasteiger partial charge in [-0.3, -0.25) is 9.78 Å². The van der Waals surface area contributed by atoms with Crippen molar-refractivity contribution in [1.82, 2.24) is 14.6 Å². The summed E-state index contributed by atoms with van der Waals surface area (Å²) in [5, 5.41) is 4.05. The van der Waals surface area contributed by atoms with Crippen LogP contribution in [0.4, 0.5) is 0 Å². The molecule has 4 rings (SSSR count). The van der Waals surface area contributed by atoms with E-state index < -0.39 is 10.0 Å². The van der Waals surface area contributed by atoms with Crippen molar-refractivity contribution < 1.29 is 17.9 Å². The summed E-state index contributed by atoms with van der Waals surface area (Å²) in [5.74, 6) is -0.317. The van der Waals surface area contributed by atoms with Gasteiger partial charge in [-0.05, 0) is 30.3 Å². The first-order valence-corrected chi connectivity index (χ1v) is 11.6. The van der Waals surface area contributed by atoms with Crippen LogP contribution in [0.15, 0.2) is 46.8 Å². The number of morpholine rings is 1. The molecule has 1 aliphatic heterocycles. The number of nitrogens with one attached hydrogen (secondary N) is 1. The first-order valence-electron chi connectivity index (χ1n) is 8.94. The van der Waals surface area contributed by atoms with Gasteiger partial charge in [-0.15, -0.1) is 11.3 Å². The Bertz CT molecular complexity index is 1160. The zero-order chi connectivity index (χ0) is 20.4. The van der Waals surface area contributed by atoms with Crippen molar-refractivity contribution in [2.24, 2.45) is 0 Å². The molecule has 29 heavy (non-hydrogen) atoms. The largest absolute Gasteiger partial charge is 0.379 e. The van der Waals surface area contributed by atoms with Gasteiger partial charge in [0.05, 0.1) is 30.8 Å². The number of ether oxygens (including phenoxy) is 1. The molecule has 1 aromatic carbocycles. The summed E-state index contributed by atoms with van der Waals surface area (Å²) in [5.41, 5.74) is 0.946. The van der Waals surface area contributed by atoms with Crippen LogP contribution in [0.2, 0.25) is 5.02 Å². The van der Waals surface area contributed by atoms with Gasteiger partial charge in [-0.1, -0.05) is 17.7 Å². The predicted octanol–water partition coefficient (Wildman–Crippen LogP) is 2.90. The molecule has 10 heteroatoms. The van der Waals surface area contributed by atoms with Gasteiger partial charge in [-0.25, -0.2) is 8.42 Å². The molecule has 0 unspecified atom stereocenters. The number of hydrogen-bond acceptors (Lipinski definition) is 6. The molecule has 1 amide bonds. The zero-order valence-corrected chi connectivity index (χ0v) is 17.7. The second kappa shape index (κ2) is 8.37. The van der Waals surface area contributed by atoms with Crippen molar-refractivity contribution in [2.45, 2.75) is 10.8 Å². The number of carbonyl (C=O) groups excluding carboxylic acids is 1. The highest BCUT2D eigenvalue weighted by Gasteiger charge is 2.27. The van der Waals surface area contributed by atoms with Crippen molar-refractivity contribution in [3.8, 4) is 0 Å². The topological polar surface area (TPSA) is 88.6 Å². The van der Waals surface area contributed by atoms with E-state index in [1.54, 1.807) is 36.5 Å². The minimum atomic E-state index is -3.53. The Morgan fingerprint density at radius 2 is 2.03 bits per heavy atom. The molecule has 0 atom stereocenters. The number of carbonyl (C=O) groups is 1. The number of fused-ring (bicyclic) bond motifs is 1. The summed E-state index contributed by atoms with van der Waals surface area (Å²) >= 11 is 7.28. The van der Waals surface area contributed by atoms with Gasteiger partial charge in [-0.2, -0.15) is 4.31 Å². The van der Waals surface area contributed by atoms with Crippen molar-refractivity contribution in [3.63, 3.8) is 0 Å². The third-order valence-electron chi connectivity index (χ3n) is 4.54. The molecule has 0 spiro atoms. The van der Waals surface area contributed by atoms with E-state index in [4.69, 9.17) is 16.3 Å². The molecule has 3 aromatic rings. The fourth-order valence-corrected chi connectivity index (χ4v) is 6.18. The lowest BCUT2D eigenvalue weighted by Crippen LogP contribution is -2.40. The summed E-state index contributed by atoms with van der Waals surface area (Å²) in [4.78, 5) is 17.7. The number of aromatic nitrogens is 1. The first-order chi connectivity index (χ1) is 13.9. The van der Waals surface area contributed by atoms with Crippen LogP contribution in [0, 0.1) is 0 Å². The number of thiophene rings is 1. The van der Waals surface area contributed by atoms with Crippen molar-refractivity contribution in [2.75, 3.05) is 26.3 Å². The predicted molar refractivity (Wildman–Crippen MR) is 112 cm³/mol. The van der Waals surface area contributed by atoms with Crippen LogP contribution in [0.25, 0.3) is 10.9 Å². The first kappa shape index (κ1) is 20.2. The number of rotatable bonds is 5. The van der Waals surface area contributed by atoms with Crippen molar-refractivity contribution in [1.29, 1.82) is 0 Å². The fraction of sp³-hybridized carbons (Fsp3) is 0.263. The Kier molecular flexibility index (Phi) is 5.84. The van der Waals surface area contributed by atoms with Gasteiger partial charge < -0.3 is 10.1 Å². The second-order valence-corrected chi connectivity index (χ2v) is 10.2. The molecule has 0 radical (unpaired) electrons. The lowest BCUT2D eigenvalue weighted by molar-refractivity contribution is 0.0731. The minimum Gasteiger partial charge on any atom is -0.379 e. The Balaban J connectivity index is 1.49. The Labute approximate surface area is 177 Å². The summed E-state index contributed by atoms with van der Waals surface area (Å²) in [6, 6.07) is 10.2. The molecule has 7 nitrogen and oxygen atoms in total. The Hall–Kier alpha value is -2.04. The van der Waals surface area contributed by atoms with Crippen LogP contribution < -0.4 is 5.32 Å². The van der Waals surface area contributed by atoms with E-state index in [2.05, 4.69) is 10.3 Å². The quantitative estimate of drug-likeness (QED) is 0.644. The number of benzene rings is 1. The van der Waals surface area contributed by atoms with Gasteiger partial charge in [0.25, 0.3) is 15.9 Å². The maximum atomic E-state index is 12.7. The van der Waals surface area contributed by atoms with E-state index in [-0.39, 0.29) is 16.7 Å². The zero-order valence-electron chi connectivity index (χ0n) is 15.3. The number of hydrogen-bond donors (Lipinski definition) is 1. The summed E-state index contributed by atoms with van der Waals surface area (Å²) < 4.78 is 32.3. The van der Waals surface area contributed by atoms with Crippen LogP contribution in [0.3, 0.4) is 0 Å². The summed E-state index contributed by atoms with van der Waals surface area (Å²) in [6.45, 7) is 1.70. The van der Waals surface area contributed by atoms with Gasteiger partial charge in [0.15, 0.2) is 0 Å². The van der Waals surface area contributed by atoms with Crippen LogP contribution in [-0.4, -0.2) is 49.9 Å². The smallest absolute Gasteiger partial charge is 0.253 e. The standard InChI is InChI=1S/C19H18ClN3O4S2/c20-14-10-13-2-1-5-21-18(13)16(11-14)19(24)22-12-15-3-4-17(28-15)29(25,26)23-6-8-27-9-7-23/h1-5,10-11H,6-9,12H2,(H,22,24). The SMILES string of the molecule is O=C(NCc1ccc(S(=O)(=O)N2CCOCC2)s1)c1cc(Cl)cc2cccnc12. The maximum absolute atomic E-state index is 12.7. The molecule has 1 fully saturated rings. The average molecular weight is 452 g/mol. The lowest BCUT2D eigenvalue weighted by Gasteiger charge is -2.25. The van der Waals surface area contributed by atoms with Gasteiger partial charge >= 0.3 is 0 Å². The monoisotopic (exact) mass is 451 g/mol. The highest BCUT2D eigenvalue weighted by Crippen LogP contribution is 2.26. The van der Waals surface area contributed by atoms with Gasteiger partial charge in [0.2, 0.25) is 0 Å². The van der Waals surface area contributed by atoms with Crippen LogP contribution in [0.5, 0.6) is 0 Å². The lowest BCUT2D eigenvalue weighted by atomic mass is 10.1. The second-order valence-electron chi connectivity index (χ2n) is 6.45. The molecule has 152 valence electrons. The molecular weight excluding hydrogens is 434 g/mol. The van der Waals surface area contributed by atoms with E-state index in [0.717, 1.165) is 21.6 Å². The van der Waals surface area contributed by atoms with Crippen molar-refractivity contribution >= 4 is 49.8 Å². The molecule has 1 saturated heterocycles. The highest BCUT2D eigenvalue weighted by atomic mass is 35.5. The van der Waals surface area contributed by atoms with E-state index >= 15 is 0 Å². The number of amides is 1. The van der Waals surface area contributed by atoms with E-state index in [0.29, 0.717) is 42.4 Å². The third-order valence-corrected chi connectivity index (χ3v) is 8.21. The molecule has 0 aliphatic carbocycles. The number of halogens is 1. The third kappa shape index (κ3) is 4.29. The van der Waals surface area contributed by atoms with Crippen LogP contribution in [-0.2, 0) is 21.3 Å². The molecule has 2 aromatic heterocycles. The Morgan fingerprint density at radius 3 is 2.83 bits per heavy atom. The van der Waals surface area contributed by atoms with Gasteiger partial charge in [0.1, 0.15) is 4.21 Å². The van der Waals surface area contributed by atoms with E-state index in [1.165, 1.54) is 4.31 Å². The van der Waals surface area contributed by atoms with Crippen LogP contribution >= 0.6 is 22.9 Å². The summed E-state index contributed by atoms with van der Waals surface area (Å²) in [7, 11) is -3.53. The molecule has 1 N–H and O–H groups in total. The number of nitrogens with zero attached hydrogens (tertiary/aromatic N) is 2. The number of pyridine rings is 1. The summed E-state index contributed by atoms with van der Waals surface area (Å²) in [6.07, 6.45) is 1.62. The Morgan fingerprint density at radius 1 is 1.24 bits per heavy atom. The van der Waals surface area contributed by atoms with Gasteiger partial charge in [0, 0.05) is 34.6 Å². The van der Waals surface area contributed by atoms with Crippen molar-refractivity contribution in [3.05, 3.63) is 58.1 Å². The minimum absolute atomic E-state index is 0.211. The number of sulfonamides is 1. The van der Waals surface area contributed by atoms with E-state index in [9.17, 15) is 13.2 Å². The molecule has 1 aliphatic rings. The molecule has 0 saturated carbocycles. The van der Waals surface area contributed by atoms with E-state index in [1.807, 2.05) is 6.07 Å². The maximum Gasteiger partial charge on any atom is 0.253 e. The molecule has 0 bridgehead atoms. The highest BCUT2D eigenvalue weighted by molar-refractivity contribution is 7.91. The normalized spacial score (nSPS) is 15.5. The average Bonchev–Trinajstić information content (AvgIpc) is 3.22. The molecular formula is C19H18ClN3O4S2. The fourth-order valence-electron chi connectivity index (χ4n) is 3.10.